The highest BCUT2D eigenvalue weighted by molar-refractivity contribution is 6.31. The number of para-hydroxylation sites is 1. The van der Waals surface area contributed by atoms with Gasteiger partial charge in [-0.2, -0.15) is 13.2 Å². The molecule has 3 aromatic heterocycles. The summed E-state index contributed by atoms with van der Waals surface area (Å²) in [5.41, 5.74) is -1.23. The van der Waals surface area contributed by atoms with Crippen molar-refractivity contribution in [2.24, 2.45) is 0 Å². The molecule has 0 aliphatic rings. The fraction of sp³-hybridized carbons (Fsp3) is 0.0769. The van der Waals surface area contributed by atoms with Gasteiger partial charge >= 0.3 is 6.18 Å². The van der Waals surface area contributed by atoms with E-state index in [9.17, 15) is 4.39 Å². The zero-order chi connectivity index (χ0) is 23.7. The van der Waals surface area contributed by atoms with Crippen molar-refractivity contribution in [3.63, 3.8) is 0 Å². The molecular weight excluding hydrogens is 466 g/mol. The van der Waals surface area contributed by atoms with E-state index in [4.69, 9.17) is 11.6 Å². The molecule has 0 aliphatic carbocycles. The lowest BCUT2D eigenvalue weighted by molar-refractivity contribution is -0.165. The Hall–Kier alpha value is -3.71. The normalized spacial score (nSPS) is 14.3. The molecule has 1 unspecified atom stereocenters. The summed E-state index contributed by atoms with van der Waals surface area (Å²) in [4.78, 5) is 8.86. The van der Waals surface area contributed by atoms with Crippen LogP contribution in [0.1, 0.15) is 16.7 Å². The van der Waals surface area contributed by atoms with E-state index in [0.717, 1.165) is 6.07 Å². The third-order valence-corrected chi connectivity index (χ3v) is 6.75. The van der Waals surface area contributed by atoms with Crippen molar-refractivity contribution in [1.82, 2.24) is 15.0 Å². The molecule has 0 fully saturated rings. The quantitative estimate of drug-likeness (QED) is 0.216. The zero-order valence-corrected chi connectivity index (χ0v) is 18.2. The predicted octanol–water partition coefficient (Wildman–Crippen LogP) is 7.82. The highest BCUT2D eigenvalue weighted by atomic mass is 35.5. The van der Waals surface area contributed by atoms with Crippen LogP contribution in [0.15, 0.2) is 79.3 Å². The maximum absolute atomic E-state index is 15.7. The van der Waals surface area contributed by atoms with Gasteiger partial charge in [-0.05, 0) is 36.4 Å². The Morgan fingerprint density at radius 1 is 0.618 bits per heavy atom. The number of halogens is 5. The Labute approximate surface area is 195 Å². The maximum Gasteiger partial charge on any atom is 0.406 e. The highest BCUT2D eigenvalue weighted by Crippen LogP contribution is 2.56. The summed E-state index contributed by atoms with van der Waals surface area (Å²) in [7, 11) is 0. The van der Waals surface area contributed by atoms with Crippen LogP contribution in [-0.2, 0) is 5.41 Å². The average molecular weight is 482 g/mol. The van der Waals surface area contributed by atoms with E-state index in [2.05, 4.69) is 15.0 Å². The van der Waals surface area contributed by atoms with Gasteiger partial charge in [0.25, 0.3) is 0 Å². The third kappa shape index (κ3) is 2.77. The van der Waals surface area contributed by atoms with Gasteiger partial charge in [-0.25, -0.2) is 4.39 Å². The Balaban J connectivity index is 1.84. The summed E-state index contributed by atoms with van der Waals surface area (Å²) in [6.07, 6.45) is -0.707. The minimum absolute atomic E-state index is 0.00146. The first-order valence-corrected chi connectivity index (χ1v) is 10.9. The van der Waals surface area contributed by atoms with Crippen LogP contribution < -0.4 is 0 Å². The number of aromatic nitrogens is 3. The SMILES string of the molecule is Fc1ccc2[nH]cc(C(c3c[nH]c4ccccc34)(c3c[nH]c4cc(Cl)ccc34)C(F)(F)F)c2c1. The summed E-state index contributed by atoms with van der Waals surface area (Å²) in [5, 5.41) is 1.36. The largest absolute Gasteiger partial charge is 0.406 e. The molecule has 34 heavy (non-hydrogen) atoms. The molecule has 6 rings (SSSR count). The molecule has 0 bridgehead atoms. The van der Waals surface area contributed by atoms with Gasteiger partial charge in [-0.15, -0.1) is 0 Å². The molecule has 1 atom stereocenters. The molecular formula is C26H16ClF4N3. The fourth-order valence-electron chi connectivity index (χ4n) is 5.09. The Morgan fingerprint density at radius 3 is 1.91 bits per heavy atom. The van der Waals surface area contributed by atoms with E-state index in [0.29, 0.717) is 32.3 Å². The molecule has 8 heteroatoms. The lowest BCUT2D eigenvalue weighted by Gasteiger charge is -2.36. The van der Waals surface area contributed by atoms with E-state index in [1.54, 1.807) is 42.5 Å². The van der Waals surface area contributed by atoms with Crippen LogP contribution in [0.4, 0.5) is 17.6 Å². The van der Waals surface area contributed by atoms with E-state index in [1.807, 2.05) is 0 Å². The topological polar surface area (TPSA) is 47.4 Å². The number of nitrogens with one attached hydrogen (secondary N) is 3. The second-order valence-corrected chi connectivity index (χ2v) is 8.72. The Morgan fingerprint density at radius 2 is 1.21 bits per heavy atom. The smallest absolute Gasteiger partial charge is 0.361 e. The van der Waals surface area contributed by atoms with Gasteiger partial charge in [0.1, 0.15) is 11.2 Å². The van der Waals surface area contributed by atoms with Gasteiger partial charge in [0.15, 0.2) is 0 Å². The van der Waals surface area contributed by atoms with Crippen LogP contribution in [0.5, 0.6) is 0 Å². The van der Waals surface area contributed by atoms with Crippen LogP contribution in [0, 0.1) is 5.82 Å². The van der Waals surface area contributed by atoms with E-state index in [-0.39, 0.29) is 22.1 Å². The number of hydrogen-bond acceptors (Lipinski definition) is 0. The second kappa shape index (κ2) is 7.14. The van der Waals surface area contributed by atoms with Crippen LogP contribution in [0.2, 0.25) is 5.02 Å². The number of hydrogen-bond donors (Lipinski definition) is 3. The molecule has 3 aromatic carbocycles. The van der Waals surface area contributed by atoms with Gasteiger partial charge in [-0.1, -0.05) is 35.9 Å². The number of alkyl halides is 3. The average Bonchev–Trinajstić information content (AvgIpc) is 3.52. The molecule has 3 N–H and O–H groups in total. The summed E-state index contributed by atoms with van der Waals surface area (Å²) >= 11 is 6.11. The number of fused-ring (bicyclic) bond motifs is 3. The number of rotatable bonds is 3. The van der Waals surface area contributed by atoms with Gasteiger partial charge in [-0.3, -0.25) is 0 Å². The summed E-state index contributed by atoms with van der Waals surface area (Å²) in [6.45, 7) is 0. The molecule has 6 aromatic rings. The number of aromatic amines is 3. The number of H-pyrrole nitrogens is 3. The van der Waals surface area contributed by atoms with Gasteiger partial charge in [0.05, 0.1) is 0 Å². The van der Waals surface area contributed by atoms with Gasteiger partial charge < -0.3 is 15.0 Å². The minimum atomic E-state index is -4.80. The molecule has 0 spiro atoms. The second-order valence-electron chi connectivity index (χ2n) is 8.28. The third-order valence-electron chi connectivity index (χ3n) is 6.51. The van der Waals surface area contributed by atoms with Crippen molar-refractivity contribution in [2.45, 2.75) is 11.6 Å². The molecule has 3 heterocycles. The first-order valence-electron chi connectivity index (χ1n) is 10.5. The summed E-state index contributed by atoms with van der Waals surface area (Å²) in [6, 6.07) is 15.4. The molecule has 0 radical (unpaired) electrons. The van der Waals surface area contributed by atoms with Crippen LogP contribution >= 0.6 is 11.6 Å². The molecule has 0 amide bonds. The summed E-state index contributed by atoms with van der Waals surface area (Å²) in [5.74, 6) is -0.617. The van der Waals surface area contributed by atoms with Crippen LogP contribution in [0.25, 0.3) is 32.7 Å². The van der Waals surface area contributed by atoms with Crippen molar-refractivity contribution in [3.8, 4) is 0 Å². The maximum atomic E-state index is 15.7. The minimum Gasteiger partial charge on any atom is -0.361 e. The Kier molecular flexibility index (Phi) is 4.38. The predicted molar refractivity (Wildman–Crippen MR) is 126 cm³/mol. The van der Waals surface area contributed by atoms with Crippen molar-refractivity contribution < 1.29 is 17.6 Å². The molecule has 170 valence electrons. The lowest BCUT2D eigenvalue weighted by Crippen LogP contribution is -2.44. The monoisotopic (exact) mass is 481 g/mol. The van der Waals surface area contributed by atoms with Crippen molar-refractivity contribution >= 4 is 44.3 Å². The number of benzene rings is 3. The standard InChI is InChI=1S/C26H16ClF4N3/c27-14-5-7-17-20(12-34-24(17)9-14)25(26(29,30)31,19-11-32-22-4-2-1-3-16(19)22)21-13-33-23-8-6-15(28)10-18(21)23/h1-13,32-34H. The highest BCUT2D eigenvalue weighted by Gasteiger charge is 2.61. The van der Waals surface area contributed by atoms with Crippen molar-refractivity contribution in [1.29, 1.82) is 0 Å². The Bertz CT molecular complexity index is 1690. The summed E-state index contributed by atoms with van der Waals surface area (Å²) < 4.78 is 61.3. The van der Waals surface area contributed by atoms with Crippen molar-refractivity contribution in [3.05, 3.63) is 107 Å². The van der Waals surface area contributed by atoms with Gasteiger partial charge in [0.2, 0.25) is 0 Å². The van der Waals surface area contributed by atoms with Crippen LogP contribution in [0.3, 0.4) is 0 Å². The van der Waals surface area contributed by atoms with Crippen LogP contribution in [-0.4, -0.2) is 21.1 Å². The first kappa shape index (κ1) is 20.9. The van der Waals surface area contributed by atoms with Crippen molar-refractivity contribution in [2.75, 3.05) is 0 Å². The fourth-order valence-corrected chi connectivity index (χ4v) is 5.26. The zero-order valence-electron chi connectivity index (χ0n) is 17.4. The lowest BCUT2D eigenvalue weighted by atomic mass is 9.68. The van der Waals surface area contributed by atoms with E-state index >= 15 is 13.2 Å². The molecule has 3 nitrogen and oxygen atoms in total. The van der Waals surface area contributed by atoms with Gasteiger partial charge in [0, 0.05) is 73.0 Å². The molecule has 0 saturated carbocycles. The van der Waals surface area contributed by atoms with E-state index < -0.39 is 17.4 Å². The van der Waals surface area contributed by atoms with E-state index in [1.165, 1.54) is 30.7 Å². The first-order chi connectivity index (χ1) is 16.3. The molecule has 0 aliphatic heterocycles. The molecule has 0 saturated heterocycles.